The molecule has 1 aliphatic heterocycles. The fourth-order valence-electron chi connectivity index (χ4n) is 3.56. The van der Waals surface area contributed by atoms with Crippen molar-refractivity contribution in [3.05, 3.63) is 11.8 Å². The molecule has 1 amide bonds. The molecule has 1 aliphatic rings. The molecule has 178 valence electrons. The lowest BCUT2D eigenvalue weighted by molar-refractivity contribution is -0.156. The van der Waals surface area contributed by atoms with Crippen molar-refractivity contribution in [2.24, 2.45) is 16.5 Å². The topological polar surface area (TPSA) is 158 Å². The number of hydrogen-bond acceptors (Lipinski definition) is 7. The van der Waals surface area contributed by atoms with Crippen molar-refractivity contribution in [1.29, 1.82) is 0 Å². The van der Waals surface area contributed by atoms with Crippen molar-refractivity contribution < 1.29 is 28.9 Å². The van der Waals surface area contributed by atoms with Gasteiger partial charge in [-0.2, -0.15) is 0 Å². The van der Waals surface area contributed by atoms with Crippen LogP contribution in [0.25, 0.3) is 0 Å². The molecular formula is C21H38N4O6. The standard InChI is InChI=1S/C21H38N4O6/c1-5-6-7-8-9-10-17(28)30-12-16(27)19(29-4)20-18(24-14(3)26)15(25-21(22)23)11-13(2)31-20/h11,15-16,18-20,27H,5-10,12H2,1-4H3,(H,24,26)(H4,22,23,25). The lowest BCUT2D eigenvalue weighted by Gasteiger charge is -2.40. The molecule has 0 radical (unpaired) electrons. The number of nitrogens with two attached hydrogens (primary N) is 2. The number of nitrogens with one attached hydrogen (secondary N) is 1. The number of carbonyl (C=O) groups is 2. The van der Waals surface area contributed by atoms with Crippen molar-refractivity contribution in [2.45, 2.75) is 89.7 Å². The van der Waals surface area contributed by atoms with Crippen LogP contribution in [0.15, 0.2) is 16.8 Å². The Bertz CT molecular complexity index is 635. The van der Waals surface area contributed by atoms with Gasteiger partial charge in [0.2, 0.25) is 5.91 Å². The van der Waals surface area contributed by atoms with E-state index in [-0.39, 0.29) is 24.4 Å². The van der Waals surface area contributed by atoms with Gasteiger partial charge in [-0.15, -0.1) is 0 Å². The molecule has 0 aromatic carbocycles. The zero-order valence-electron chi connectivity index (χ0n) is 19.0. The van der Waals surface area contributed by atoms with Crippen LogP contribution >= 0.6 is 0 Å². The molecule has 10 nitrogen and oxygen atoms in total. The first-order valence-corrected chi connectivity index (χ1v) is 10.8. The molecule has 0 saturated carbocycles. The van der Waals surface area contributed by atoms with E-state index in [4.69, 9.17) is 25.7 Å². The van der Waals surface area contributed by atoms with E-state index in [9.17, 15) is 14.7 Å². The van der Waals surface area contributed by atoms with Crippen LogP contribution in [0.3, 0.4) is 0 Å². The molecular weight excluding hydrogens is 404 g/mol. The van der Waals surface area contributed by atoms with Crippen molar-refractivity contribution >= 4 is 17.8 Å². The third-order valence-corrected chi connectivity index (χ3v) is 4.99. The van der Waals surface area contributed by atoms with E-state index < -0.39 is 30.4 Å². The van der Waals surface area contributed by atoms with Gasteiger partial charge < -0.3 is 36.1 Å². The predicted octanol–water partition coefficient (Wildman–Crippen LogP) is 0.715. The van der Waals surface area contributed by atoms with Crippen LogP contribution in [0.4, 0.5) is 0 Å². The summed E-state index contributed by atoms with van der Waals surface area (Å²) in [6.45, 7) is 4.94. The zero-order chi connectivity index (χ0) is 23.4. The second kappa shape index (κ2) is 13.9. The van der Waals surface area contributed by atoms with Gasteiger partial charge >= 0.3 is 5.97 Å². The van der Waals surface area contributed by atoms with Crippen molar-refractivity contribution in [3.8, 4) is 0 Å². The number of allylic oxidation sites excluding steroid dienone is 1. The minimum Gasteiger partial charge on any atom is -0.490 e. The number of carbonyl (C=O) groups excluding carboxylic acids is 2. The number of hydrogen-bond donors (Lipinski definition) is 4. The Kier molecular flexibility index (Phi) is 11.9. The maximum absolute atomic E-state index is 12.0. The molecule has 1 heterocycles. The summed E-state index contributed by atoms with van der Waals surface area (Å²) in [6.07, 6.45) is 4.18. The Labute approximate surface area is 184 Å². The molecule has 6 N–H and O–H groups in total. The molecule has 5 atom stereocenters. The SMILES string of the molecule is CCCCCCCC(=O)OCC(O)C(OC)C1OC(C)=CC(N=C(N)N)C1NC(C)=O. The van der Waals surface area contributed by atoms with Crippen LogP contribution in [0, 0.1) is 0 Å². The van der Waals surface area contributed by atoms with Gasteiger partial charge in [-0.1, -0.05) is 32.6 Å². The summed E-state index contributed by atoms with van der Waals surface area (Å²) in [4.78, 5) is 27.9. The van der Waals surface area contributed by atoms with E-state index in [1.54, 1.807) is 13.0 Å². The number of nitrogens with zero attached hydrogens (tertiary/aromatic N) is 1. The van der Waals surface area contributed by atoms with Crippen LogP contribution in [-0.2, 0) is 23.8 Å². The highest BCUT2D eigenvalue weighted by Gasteiger charge is 2.43. The van der Waals surface area contributed by atoms with E-state index in [0.29, 0.717) is 12.2 Å². The second-order valence-corrected chi connectivity index (χ2v) is 7.75. The van der Waals surface area contributed by atoms with Gasteiger partial charge in [0.05, 0.1) is 17.8 Å². The normalized spacial score (nSPS) is 22.5. The third kappa shape index (κ3) is 9.56. The summed E-state index contributed by atoms with van der Waals surface area (Å²) in [7, 11) is 1.40. The second-order valence-electron chi connectivity index (χ2n) is 7.75. The third-order valence-electron chi connectivity index (χ3n) is 4.99. The molecule has 1 rings (SSSR count). The maximum atomic E-state index is 12.0. The summed E-state index contributed by atoms with van der Waals surface area (Å²) < 4.78 is 16.6. The first kappa shape index (κ1) is 26.7. The van der Waals surface area contributed by atoms with Crippen molar-refractivity contribution in [3.63, 3.8) is 0 Å². The molecule has 10 heteroatoms. The maximum Gasteiger partial charge on any atom is 0.305 e. The van der Waals surface area contributed by atoms with Crippen molar-refractivity contribution in [1.82, 2.24) is 5.32 Å². The van der Waals surface area contributed by atoms with E-state index in [1.807, 2.05) is 0 Å². The number of methoxy groups -OCH3 is 1. The molecule has 0 saturated heterocycles. The van der Waals surface area contributed by atoms with Gasteiger partial charge in [0.15, 0.2) is 5.96 Å². The van der Waals surface area contributed by atoms with Gasteiger partial charge in [-0.05, 0) is 19.4 Å². The molecule has 0 aromatic heterocycles. The summed E-state index contributed by atoms with van der Waals surface area (Å²) in [5.74, 6) is -0.323. The van der Waals surface area contributed by atoms with Crippen LogP contribution in [-0.4, -0.2) is 67.1 Å². The highest BCUT2D eigenvalue weighted by atomic mass is 16.6. The fraction of sp³-hybridized carbons (Fsp3) is 0.762. The number of aliphatic hydroxyl groups excluding tert-OH is 1. The van der Waals surface area contributed by atoms with Crippen LogP contribution in [0.1, 0.15) is 59.3 Å². The highest BCUT2D eigenvalue weighted by Crippen LogP contribution is 2.26. The minimum atomic E-state index is -1.18. The Morgan fingerprint density at radius 1 is 1.29 bits per heavy atom. The van der Waals surface area contributed by atoms with Crippen LogP contribution in [0.5, 0.6) is 0 Å². The van der Waals surface area contributed by atoms with Gasteiger partial charge in [-0.3, -0.25) is 9.59 Å². The number of rotatable bonds is 13. The van der Waals surface area contributed by atoms with Crippen LogP contribution < -0.4 is 16.8 Å². The quantitative estimate of drug-likeness (QED) is 0.140. The average Bonchev–Trinajstić information content (AvgIpc) is 2.68. The number of ether oxygens (including phenoxy) is 3. The molecule has 5 unspecified atom stereocenters. The number of esters is 1. The zero-order valence-corrected chi connectivity index (χ0v) is 19.0. The molecule has 0 bridgehead atoms. The Morgan fingerprint density at radius 3 is 2.55 bits per heavy atom. The fourth-order valence-corrected chi connectivity index (χ4v) is 3.56. The molecule has 0 aromatic rings. The lowest BCUT2D eigenvalue weighted by Crippen LogP contribution is -2.60. The summed E-state index contributed by atoms with van der Waals surface area (Å²) in [6, 6.07) is -1.31. The number of aliphatic imine (C=N–C) groups is 1. The Morgan fingerprint density at radius 2 is 1.97 bits per heavy atom. The summed E-state index contributed by atoms with van der Waals surface area (Å²) in [5, 5.41) is 13.4. The number of aliphatic hydroxyl groups is 1. The van der Waals surface area contributed by atoms with E-state index in [2.05, 4.69) is 17.2 Å². The Balaban J connectivity index is 2.79. The smallest absolute Gasteiger partial charge is 0.305 e. The number of amides is 1. The number of unbranched alkanes of at least 4 members (excludes halogenated alkanes) is 4. The van der Waals surface area contributed by atoms with E-state index in [0.717, 1.165) is 32.1 Å². The molecule has 0 fully saturated rings. The van der Waals surface area contributed by atoms with E-state index >= 15 is 0 Å². The average molecular weight is 443 g/mol. The predicted molar refractivity (Wildman–Crippen MR) is 117 cm³/mol. The lowest BCUT2D eigenvalue weighted by atomic mass is 9.92. The molecule has 0 aliphatic carbocycles. The first-order valence-electron chi connectivity index (χ1n) is 10.8. The van der Waals surface area contributed by atoms with E-state index in [1.165, 1.54) is 14.0 Å². The molecule has 31 heavy (non-hydrogen) atoms. The van der Waals surface area contributed by atoms with Gasteiger partial charge in [0, 0.05) is 20.5 Å². The molecule has 0 spiro atoms. The first-order chi connectivity index (χ1) is 14.7. The minimum absolute atomic E-state index is 0.146. The Hall–Kier alpha value is -2.33. The summed E-state index contributed by atoms with van der Waals surface area (Å²) >= 11 is 0. The monoisotopic (exact) mass is 442 g/mol. The van der Waals surface area contributed by atoms with Crippen LogP contribution in [0.2, 0.25) is 0 Å². The number of guanidine groups is 1. The highest BCUT2D eigenvalue weighted by molar-refractivity contribution is 5.76. The van der Waals surface area contributed by atoms with Gasteiger partial charge in [0.25, 0.3) is 0 Å². The van der Waals surface area contributed by atoms with Gasteiger partial charge in [0.1, 0.15) is 24.9 Å². The largest absolute Gasteiger partial charge is 0.490 e. The summed E-state index contributed by atoms with van der Waals surface area (Å²) in [5.41, 5.74) is 11.1. The van der Waals surface area contributed by atoms with Crippen molar-refractivity contribution in [2.75, 3.05) is 13.7 Å². The van der Waals surface area contributed by atoms with Gasteiger partial charge in [-0.25, -0.2) is 4.99 Å².